The number of hydrogen-bond donors (Lipinski definition) is 1. The first-order valence-corrected chi connectivity index (χ1v) is 6.38. The molecule has 1 aliphatic carbocycles. The Morgan fingerprint density at radius 2 is 1.59 bits per heavy atom. The van der Waals surface area contributed by atoms with E-state index in [-0.39, 0.29) is 11.3 Å². The highest BCUT2D eigenvalue weighted by Gasteiger charge is 2.88. The van der Waals surface area contributed by atoms with E-state index in [0.29, 0.717) is 5.56 Å². The fourth-order valence-electron chi connectivity index (χ4n) is 3.39. The maximum atomic E-state index is 12.3. The summed E-state index contributed by atoms with van der Waals surface area (Å²) in [6.07, 6.45) is 0. The molecule has 1 aliphatic heterocycles. The Kier molecular flexibility index (Phi) is 2.55. The van der Waals surface area contributed by atoms with Crippen LogP contribution in [-0.2, 0) is 4.79 Å². The minimum atomic E-state index is -1.59. The van der Waals surface area contributed by atoms with E-state index in [2.05, 4.69) is 5.32 Å². The molecule has 1 amide bonds. The van der Waals surface area contributed by atoms with Gasteiger partial charge in [0.1, 0.15) is 17.6 Å². The molecule has 0 spiro atoms. The van der Waals surface area contributed by atoms with Crippen LogP contribution in [0.5, 0.6) is 0 Å². The SMILES string of the molecule is N#CC(C#N)=C1NC(=O)C2(C#N)C(c3ccccc3)C12C#N. The maximum Gasteiger partial charge on any atom is 0.247 e. The number of nitriles is 4. The van der Waals surface area contributed by atoms with E-state index in [1.165, 1.54) is 0 Å². The van der Waals surface area contributed by atoms with Crippen molar-refractivity contribution < 1.29 is 4.79 Å². The molecule has 0 radical (unpaired) electrons. The van der Waals surface area contributed by atoms with Crippen molar-refractivity contribution in [3.63, 3.8) is 0 Å². The largest absolute Gasteiger partial charge is 0.325 e. The van der Waals surface area contributed by atoms with Crippen molar-refractivity contribution >= 4 is 5.91 Å². The molecule has 22 heavy (non-hydrogen) atoms. The van der Waals surface area contributed by atoms with E-state index >= 15 is 0 Å². The van der Waals surface area contributed by atoms with Gasteiger partial charge in [0.05, 0.1) is 17.8 Å². The number of carbonyl (C=O) groups excluding carboxylic acids is 1. The lowest BCUT2D eigenvalue weighted by Crippen LogP contribution is -2.26. The number of amides is 1. The zero-order valence-electron chi connectivity index (χ0n) is 11.2. The van der Waals surface area contributed by atoms with Gasteiger partial charge in [-0.1, -0.05) is 30.3 Å². The summed E-state index contributed by atoms with van der Waals surface area (Å²) in [6, 6.07) is 16.1. The molecule has 1 aromatic carbocycles. The highest BCUT2D eigenvalue weighted by atomic mass is 16.2. The molecule has 1 saturated heterocycles. The summed E-state index contributed by atoms with van der Waals surface area (Å²) in [6.45, 7) is 0. The highest BCUT2D eigenvalue weighted by molar-refractivity contribution is 6.01. The summed E-state index contributed by atoms with van der Waals surface area (Å²) in [5.41, 5.74) is -2.82. The number of nitrogens with zero attached hydrogens (tertiary/aromatic N) is 4. The van der Waals surface area contributed by atoms with Gasteiger partial charge in [-0.2, -0.15) is 21.0 Å². The Morgan fingerprint density at radius 1 is 1.00 bits per heavy atom. The smallest absolute Gasteiger partial charge is 0.247 e. The molecule has 2 fully saturated rings. The van der Waals surface area contributed by atoms with Crippen molar-refractivity contribution in [2.75, 3.05) is 0 Å². The molecule has 2 aliphatic rings. The predicted octanol–water partition coefficient (Wildman–Crippen LogP) is 1.23. The van der Waals surface area contributed by atoms with E-state index in [4.69, 9.17) is 10.5 Å². The summed E-state index contributed by atoms with van der Waals surface area (Å²) < 4.78 is 0. The van der Waals surface area contributed by atoms with Gasteiger partial charge in [-0.15, -0.1) is 0 Å². The number of fused-ring (bicyclic) bond motifs is 1. The molecule has 3 unspecified atom stereocenters. The topological polar surface area (TPSA) is 124 Å². The molecule has 1 heterocycles. The van der Waals surface area contributed by atoms with Crippen LogP contribution < -0.4 is 5.32 Å². The molecular formula is C16H7N5O. The van der Waals surface area contributed by atoms with Gasteiger partial charge in [0.25, 0.3) is 0 Å². The van der Waals surface area contributed by atoms with Crippen LogP contribution in [0.2, 0.25) is 0 Å². The number of nitrogens with one attached hydrogen (secondary N) is 1. The van der Waals surface area contributed by atoms with Crippen molar-refractivity contribution in [1.29, 1.82) is 21.0 Å². The molecule has 102 valence electrons. The molecular weight excluding hydrogens is 278 g/mol. The van der Waals surface area contributed by atoms with Gasteiger partial charge in [0, 0.05) is 5.92 Å². The van der Waals surface area contributed by atoms with E-state index in [1.807, 2.05) is 12.1 Å². The molecule has 1 N–H and O–H groups in total. The van der Waals surface area contributed by atoms with Crippen LogP contribution in [0.3, 0.4) is 0 Å². The molecule has 0 aromatic heterocycles. The van der Waals surface area contributed by atoms with E-state index in [9.17, 15) is 15.3 Å². The predicted molar refractivity (Wildman–Crippen MR) is 71.7 cm³/mol. The first-order valence-electron chi connectivity index (χ1n) is 6.38. The lowest BCUT2D eigenvalue weighted by molar-refractivity contribution is -0.122. The quantitative estimate of drug-likeness (QED) is 0.777. The second-order valence-electron chi connectivity index (χ2n) is 5.11. The number of rotatable bonds is 1. The van der Waals surface area contributed by atoms with Crippen molar-refractivity contribution in [3.8, 4) is 24.3 Å². The number of piperidine rings is 1. The second kappa shape index (κ2) is 4.19. The lowest BCUT2D eigenvalue weighted by atomic mass is 9.93. The van der Waals surface area contributed by atoms with Gasteiger partial charge < -0.3 is 5.32 Å². The Labute approximate surface area is 126 Å². The number of hydrogen-bond acceptors (Lipinski definition) is 5. The van der Waals surface area contributed by atoms with Gasteiger partial charge >= 0.3 is 0 Å². The summed E-state index contributed by atoms with van der Waals surface area (Å²) in [7, 11) is 0. The molecule has 3 atom stereocenters. The van der Waals surface area contributed by atoms with E-state index in [0.717, 1.165) is 0 Å². The van der Waals surface area contributed by atoms with E-state index < -0.39 is 22.7 Å². The fraction of sp³-hybridized carbons (Fsp3) is 0.188. The van der Waals surface area contributed by atoms with E-state index in [1.54, 1.807) is 42.5 Å². The number of allylic oxidation sites excluding steroid dienone is 2. The summed E-state index contributed by atoms with van der Waals surface area (Å²) in [4.78, 5) is 12.3. The molecule has 6 nitrogen and oxygen atoms in total. The Bertz CT molecular complexity index is 874. The third kappa shape index (κ3) is 1.18. The van der Waals surface area contributed by atoms with Crippen molar-refractivity contribution in [2.45, 2.75) is 5.92 Å². The molecule has 1 saturated carbocycles. The average Bonchev–Trinajstić information content (AvgIpc) is 3.11. The Balaban J connectivity index is 2.31. The van der Waals surface area contributed by atoms with Gasteiger partial charge in [0.2, 0.25) is 5.91 Å². The van der Waals surface area contributed by atoms with Crippen molar-refractivity contribution in [1.82, 2.24) is 5.32 Å². The minimum Gasteiger partial charge on any atom is -0.325 e. The Hall–Kier alpha value is -3.61. The number of benzene rings is 1. The fourth-order valence-corrected chi connectivity index (χ4v) is 3.39. The Morgan fingerprint density at radius 3 is 2.09 bits per heavy atom. The summed E-state index contributed by atoms with van der Waals surface area (Å²) in [5, 5.41) is 39.7. The van der Waals surface area contributed by atoms with Crippen LogP contribution in [0, 0.1) is 56.2 Å². The third-order valence-corrected chi connectivity index (χ3v) is 4.35. The van der Waals surface area contributed by atoms with Crippen LogP contribution in [-0.4, -0.2) is 5.91 Å². The monoisotopic (exact) mass is 285 g/mol. The zero-order valence-corrected chi connectivity index (χ0v) is 11.2. The van der Waals surface area contributed by atoms with Crippen LogP contribution in [0.4, 0.5) is 0 Å². The van der Waals surface area contributed by atoms with Crippen LogP contribution in [0.25, 0.3) is 0 Å². The zero-order chi connectivity index (χ0) is 16.0. The third-order valence-electron chi connectivity index (χ3n) is 4.35. The van der Waals surface area contributed by atoms with Crippen LogP contribution >= 0.6 is 0 Å². The highest BCUT2D eigenvalue weighted by Crippen LogP contribution is 2.79. The standard InChI is InChI=1S/C16H7N5O/c17-6-11(7-18)13-15(8-19)12(10-4-2-1-3-5-10)16(15,9-20)14(22)21-13/h1-5,12H,(H,21,22). The second-order valence-corrected chi connectivity index (χ2v) is 5.11. The normalized spacial score (nSPS) is 30.8. The van der Waals surface area contributed by atoms with Crippen LogP contribution in [0.15, 0.2) is 41.6 Å². The molecule has 0 bridgehead atoms. The van der Waals surface area contributed by atoms with Gasteiger partial charge in [-0.05, 0) is 5.56 Å². The lowest BCUT2D eigenvalue weighted by Gasteiger charge is -2.11. The molecule has 3 rings (SSSR count). The maximum absolute atomic E-state index is 12.3. The summed E-state index contributed by atoms with van der Waals surface area (Å²) in [5.74, 6) is -1.32. The first kappa shape index (κ1) is 13.4. The first-order chi connectivity index (χ1) is 10.6. The summed E-state index contributed by atoms with van der Waals surface area (Å²) >= 11 is 0. The number of carbonyl (C=O) groups is 1. The average molecular weight is 285 g/mol. The van der Waals surface area contributed by atoms with Crippen molar-refractivity contribution in [3.05, 3.63) is 47.2 Å². The van der Waals surface area contributed by atoms with Crippen molar-refractivity contribution in [2.24, 2.45) is 10.8 Å². The van der Waals surface area contributed by atoms with Gasteiger partial charge in [-0.25, -0.2) is 0 Å². The minimum absolute atomic E-state index is 0.0552. The molecule has 1 aromatic rings. The van der Waals surface area contributed by atoms with Crippen LogP contribution in [0.1, 0.15) is 11.5 Å². The van der Waals surface area contributed by atoms with Gasteiger partial charge in [0.15, 0.2) is 11.0 Å². The van der Waals surface area contributed by atoms with Gasteiger partial charge in [-0.3, -0.25) is 4.79 Å². The molecule has 6 heteroatoms.